The van der Waals surface area contributed by atoms with Crippen molar-refractivity contribution < 1.29 is 13.5 Å². The van der Waals surface area contributed by atoms with E-state index in [9.17, 15) is 0 Å². The average molecular weight is 1280 g/mol. The van der Waals surface area contributed by atoms with Gasteiger partial charge >= 0.3 is 5.82 Å². The third-order valence-corrected chi connectivity index (χ3v) is 22.8. The fourth-order valence-corrected chi connectivity index (χ4v) is 12.0. The number of hydrogen-bond acceptors (Lipinski definition) is 9. The summed E-state index contributed by atoms with van der Waals surface area (Å²) in [4.78, 5) is 23.4. The van der Waals surface area contributed by atoms with Gasteiger partial charge in [-0.1, -0.05) is 5.10 Å². The van der Waals surface area contributed by atoms with E-state index in [0.717, 1.165) is 74.4 Å². The molecule has 9 aromatic rings. The van der Waals surface area contributed by atoms with E-state index in [1.54, 1.807) is 4.68 Å². The molecule has 0 saturated carbocycles. The Hall–Kier alpha value is -6.36. The molecule has 0 aliphatic heterocycles. The van der Waals surface area contributed by atoms with Gasteiger partial charge in [0.1, 0.15) is 35.8 Å². The third kappa shape index (κ3) is 22.4. The second-order valence-corrected chi connectivity index (χ2v) is 28.4. The normalized spacial score (nSPS) is 10.3. The lowest BCUT2D eigenvalue weighted by atomic mass is 9.90. The number of rotatable bonds is 0. The summed E-state index contributed by atoms with van der Waals surface area (Å²) < 4.78 is 12.5. The van der Waals surface area contributed by atoms with E-state index < -0.39 is 0 Å². The summed E-state index contributed by atoms with van der Waals surface area (Å²) in [5, 5.41) is 4.23. The molecule has 0 radical (unpaired) electrons. The molecule has 0 unspecified atom stereocenters. The van der Waals surface area contributed by atoms with Crippen LogP contribution in [0.15, 0.2) is 8.83 Å². The summed E-state index contributed by atoms with van der Waals surface area (Å²) >= 11 is 3.79. The molecule has 1 aromatic carbocycles. The zero-order valence-corrected chi connectivity index (χ0v) is 66.9. The van der Waals surface area contributed by atoms with Gasteiger partial charge in [-0.2, -0.15) is 0 Å². The predicted molar refractivity (Wildman–Crippen MR) is 398 cm³/mol. The first-order valence-electron chi connectivity index (χ1n) is 32.3. The van der Waals surface area contributed by atoms with E-state index in [-0.39, 0.29) is 0 Å². The highest BCUT2D eigenvalue weighted by Gasteiger charge is 2.12. The van der Waals surface area contributed by atoms with Gasteiger partial charge in [0.05, 0.1) is 0 Å². The van der Waals surface area contributed by atoms with Gasteiger partial charge in [0.25, 0.3) is 0 Å². The van der Waals surface area contributed by atoms with Gasteiger partial charge in [-0.05, 0) is 396 Å². The minimum absolute atomic E-state index is 0.947. The summed E-state index contributed by atoms with van der Waals surface area (Å²) in [6.45, 7) is 84.6. The molecule has 10 heteroatoms. The highest BCUT2D eigenvalue weighted by molar-refractivity contribution is 7.12. The molecule has 0 bridgehead atoms. The number of pyridine rings is 3. The van der Waals surface area contributed by atoms with Crippen LogP contribution in [0.3, 0.4) is 0 Å². The minimum Gasteiger partial charge on any atom is -0.466 e. The number of thiophene rings is 2. The van der Waals surface area contributed by atoms with Crippen LogP contribution in [0.4, 0.5) is 0 Å². The molecule has 9 rings (SSSR count). The number of aryl methyl sites for hydroxylation is 18. The SMILES string of the molecule is Cc1c(C)c(C)c(C)c(C)c1C.Cc1nc(C)[n+](C)nc1C.Cc1nc(C)c(C)c(C)c1C.Cc1nc(C)c(C)c(C)c1C.Cc1nc(C)c(C)c(C)c1C.Cc1oc(C)c(C)c1C.Cc1oc(C)c(C)c1C.Cc1sc(C)c(C)c1C.Cc1sc(C)c(C)c1C. The maximum atomic E-state index is 5.34. The molecule has 8 heterocycles. The monoisotopic (exact) mass is 1280 g/mol. The Morgan fingerprint density at radius 3 is 0.505 bits per heavy atom. The number of aromatic nitrogens is 6. The molecular weight excluding hydrogens is 1150 g/mol. The van der Waals surface area contributed by atoms with E-state index in [0.29, 0.717) is 0 Å². The highest BCUT2D eigenvalue weighted by atomic mass is 32.1. The predicted octanol–water partition coefficient (Wildman–Crippen LogP) is 22.6. The van der Waals surface area contributed by atoms with Gasteiger partial charge in [-0.3, -0.25) is 15.0 Å². The summed E-state index contributed by atoms with van der Waals surface area (Å²) in [6, 6.07) is 0. The largest absolute Gasteiger partial charge is 0.466 e. The Balaban J connectivity index is 0.000000513. The minimum atomic E-state index is 0.947. The second-order valence-electron chi connectivity index (χ2n) is 25.5. The molecular formula is C81H123N6O2S2+. The summed E-state index contributed by atoms with van der Waals surface area (Å²) in [5.41, 5.74) is 40.8. The Kier molecular flexibility index (Phi) is 32.9. The van der Waals surface area contributed by atoms with Gasteiger partial charge in [0.15, 0.2) is 5.69 Å². The van der Waals surface area contributed by atoms with E-state index in [1.807, 2.05) is 78.2 Å². The Morgan fingerprint density at radius 1 is 0.198 bits per heavy atom. The maximum absolute atomic E-state index is 5.34. The van der Waals surface area contributed by atoms with E-state index in [1.165, 1.54) is 147 Å². The molecule has 0 N–H and O–H groups in total. The molecule has 8 nitrogen and oxygen atoms in total. The molecule has 0 amide bonds. The first-order chi connectivity index (χ1) is 41.7. The molecule has 91 heavy (non-hydrogen) atoms. The summed E-state index contributed by atoms with van der Waals surface area (Å²) in [6.07, 6.45) is 0. The van der Waals surface area contributed by atoms with Crippen molar-refractivity contribution in [3.8, 4) is 0 Å². The maximum Gasteiger partial charge on any atom is 0.315 e. The van der Waals surface area contributed by atoms with Crippen molar-refractivity contribution in [2.75, 3.05) is 0 Å². The number of furan rings is 2. The molecule has 0 aliphatic carbocycles. The van der Waals surface area contributed by atoms with Crippen LogP contribution in [-0.4, -0.2) is 25.0 Å². The molecule has 0 aliphatic rings. The molecule has 8 aromatic heterocycles. The molecule has 500 valence electrons. The van der Waals surface area contributed by atoms with Gasteiger partial charge in [0, 0.05) is 67.5 Å². The van der Waals surface area contributed by atoms with E-state index in [2.05, 4.69) is 254 Å². The summed E-state index contributed by atoms with van der Waals surface area (Å²) in [5.74, 6) is 5.13. The zero-order valence-electron chi connectivity index (χ0n) is 65.3. The molecule has 0 saturated heterocycles. The van der Waals surface area contributed by atoms with Crippen LogP contribution in [-0.2, 0) is 7.05 Å². The molecule has 0 fully saturated rings. The van der Waals surface area contributed by atoms with Crippen LogP contribution in [0.1, 0.15) is 222 Å². The fourth-order valence-electron chi connectivity index (χ4n) is 9.83. The van der Waals surface area contributed by atoms with Crippen molar-refractivity contribution >= 4 is 22.7 Å². The fraction of sp³-hybridized carbons (Fsp3) is 0.506. The lowest BCUT2D eigenvalue weighted by Gasteiger charge is -2.15. The van der Waals surface area contributed by atoms with Crippen molar-refractivity contribution in [2.24, 2.45) is 7.05 Å². The Morgan fingerprint density at radius 2 is 0.374 bits per heavy atom. The van der Waals surface area contributed by atoms with Crippen molar-refractivity contribution in [2.45, 2.75) is 277 Å². The number of hydrogen-bond donors (Lipinski definition) is 0. The highest BCUT2D eigenvalue weighted by Crippen LogP contribution is 2.28. The van der Waals surface area contributed by atoms with Gasteiger partial charge in [0.2, 0.25) is 0 Å². The lowest BCUT2D eigenvalue weighted by Crippen LogP contribution is -2.38. The lowest BCUT2D eigenvalue weighted by molar-refractivity contribution is -0.740. The van der Waals surface area contributed by atoms with Crippen LogP contribution in [0.5, 0.6) is 0 Å². The van der Waals surface area contributed by atoms with Crippen molar-refractivity contribution in [3.63, 3.8) is 0 Å². The van der Waals surface area contributed by atoms with Gasteiger partial charge in [-0.25, -0.2) is 0 Å². The van der Waals surface area contributed by atoms with E-state index in [4.69, 9.17) is 8.83 Å². The number of benzene rings is 1. The van der Waals surface area contributed by atoms with Gasteiger partial charge in [-0.15, -0.1) is 27.4 Å². The topological polar surface area (TPSA) is 94.6 Å². The second kappa shape index (κ2) is 36.2. The van der Waals surface area contributed by atoms with Crippen LogP contribution in [0, 0.1) is 277 Å². The van der Waals surface area contributed by atoms with Crippen molar-refractivity contribution in [1.29, 1.82) is 0 Å². The summed E-state index contributed by atoms with van der Waals surface area (Å²) in [7, 11) is 1.90. The first-order valence-corrected chi connectivity index (χ1v) is 33.9. The molecule has 0 spiro atoms. The molecule has 0 atom stereocenters. The Labute approximate surface area is 563 Å². The number of nitrogens with zero attached hydrogens (tertiary/aromatic N) is 6. The standard InChI is InChI=1S/C12H18.3C10H15N.2C8H12O.2C8H12S.C7H12N3/c1-7-8(2)10(4)12(6)11(5)9(7)3;3*1-6-7(2)9(4)11-10(5)8(6)3;4*1-5-6(2)8(4)9-7(5)3;1-5-6(2)9-10(4)7(3)8-5/h1-6H3;3*1-5H3;4*1-4H3;1-4H3/q;;;;;;;;+1. The Bertz CT molecular complexity index is 3270. The smallest absolute Gasteiger partial charge is 0.315 e. The quantitative estimate of drug-likeness (QED) is 0.140. The average Bonchev–Trinajstić information content (AvgIpc) is 2.21. The van der Waals surface area contributed by atoms with E-state index >= 15 is 0 Å². The third-order valence-electron chi connectivity index (χ3n) is 20.3. The zero-order chi connectivity index (χ0) is 71.0. The van der Waals surface area contributed by atoms with Crippen LogP contribution >= 0.6 is 22.7 Å². The van der Waals surface area contributed by atoms with Crippen molar-refractivity contribution in [3.05, 3.63) is 222 Å². The first kappa shape index (κ1) is 82.7. The van der Waals surface area contributed by atoms with Gasteiger partial charge < -0.3 is 8.83 Å². The van der Waals surface area contributed by atoms with Crippen LogP contribution in [0.25, 0.3) is 0 Å². The van der Waals surface area contributed by atoms with Crippen LogP contribution in [0.2, 0.25) is 0 Å². The van der Waals surface area contributed by atoms with Crippen LogP contribution < -0.4 is 4.68 Å². The van der Waals surface area contributed by atoms with Crippen molar-refractivity contribution in [1.82, 2.24) is 25.0 Å².